The van der Waals surface area contributed by atoms with Gasteiger partial charge >= 0.3 is 0 Å². The number of halogens is 1. The van der Waals surface area contributed by atoms with E-state index in [-0.39, 0.29) is 6.67 Å². The van der Waals surface area contributed by atoms with Gasteiger partial charge in [-0.2, -0.15) is 0 Å². The van der Waals surface area contributed by atoms with Crippen molar-refractivity contribution in [1.29, 1.82) is 0 Å². The Labute approximate surface area is 90.4 Å². The SMILES string of the molecule is CNC(C)c1cccc(OCCCF)c1. The molecule has 0 aliphatic rings. The fraction of sp³-hybridized carbons (Fsp3) is 0.500. The highest BCUT2D eigenvalue weighted by Crippen LogP contribution is 2.18. The van der Waals surface area contributed by atoms with Crippen molar-refractivity contribution in [1.82, 2.24) is 5.32 Å². The number of ether oxygens (including phenoxy) is 1. The third-order valence-corrected chi connectivity index (χ3v) is 2.34. The summed E-state index contributed by atoms with van der Waals surface area (Å²) >= 11 is 0. The Morgan fingerprint density at radius 2 is 2.27 bits per heavy atom. The zero-order valence-electron chi connectivity index (χ0n) is 9.29. The first kappa shape index (κ1) is 12.0. The first-order valence-electron chi connectivity index (χ1n) is 5.24. The molecule has 0 amide bonds. The van der Waals surface area contributed by atoms with E-state index in [1.807, 2.05) is 31.3 Å². The molecule has 1 atom stereocenters. The lowest BCUT2D eigenvalue weighted by molar-refractivity contribution is 0.289. The molecule has 15 heavy (non-hydrogen) atoms. The van der Waals surface area contributed by atoms with Gasteiger partial charge in [-0.15, -0.1) is 0 Å². The summed E-state index contributed by atoms with van der Waals surface area (Å²) in [6.07, 6.45) is 0.450. The molecule has 1 aromatic carbocycles. The first-order valence-corrected chi connectivity index (χ1v) is 5.24. The molecular weight excluding hydrogens is 193 g/mol. The summed E-state index contributed by atoms with van der Waals surface area (Å²) < 4.78 is 17.3. The Bertz CT molecular complexity index is 291. The van der Waals surface area contributed by atoms with Crippen LogP contribution >= 0.6 is 0 Å². The van der Waals surface area contributed by atoms with Crippen LogP contribution in [0.4, 0.5) is 4.39 Å². The second-order valence-corrected chi connectivity index (χ2v) is 3.47. The van der Waals surface area contributed by atoms with Crippen LogP contribution in [-0.4, -0.2) is 20.3 Å². The molecule has 0 heterocycles. The van der Waals surface area contributed by atoms with E-state index in [9.17, 15) is 4.39 Å². The van der Waals surface area contributed by atoms with Gasteiger partial charge in [0.1, 0.15) is 5.75 Å². The van der Waals surface area contributed by atoms with Gasteiger partial charge in [0.15, 0.2) is 0 Å². The summed E-state index contributed by atoms with van der Waals surface area (Å²) in [5.41, 5.74) is 1.18. The maximum absolute atomic E-state index is 11.9. The van der Waals surface area contributed by atoms with E-state index in [2.05, 4.69) is 12.2 Å². The van der Waals surface area contributed by atoms with Crippen molar-refractivity contribution in [3.8, 4) is 5.75 Å². The van der Waals surface area contributed by atoms with E-state index in [0.29, 0.717) is 19.1 Å². The number of alkyl halides is 1. The van der Waals surface area contributed by atoms with Crippen molar-refractivity contribution in [2.45, 2.75) is 19.4 Å². The highest BCUT2D eigenvalue weighted by atomic mass is 19.1. The molecule has 84 valence electrons. The lowest BCUT2D eigenvalue weighted by Crippen LogP contribution is -2.12. The molecule has 0 saturated heterocycles. The van der Waals surface area contributed by atoms with Gasteiger partial charge in [-0.25, -0.2) is 0 Å². The topological polar surface area (TPSA) is 21.3 Å². The molecule has 0 aliphatic carbocycles. The Morgan fingerprint density at radius 3 is 2.93 bits per heavy atom. The van der Waals surface area contributed by atoms with Gasteiger partial charge in [-0.1, -0.05) is 12.1 Å². The summed E-state index contributed by atoms with van der Waals surface area (Å²) in [7, 11) is 1.92. The number of hydrogen-bond acceptors (Lipinski definition) is 2. The minimum atomic E-state index is -0.327. The molecule has 1 aromatic rings. The molecule has 3 heteroatoms. The number of hydrogen-bond donors (Lipinski definition) is 1. The van der Waals surface area contributed by atoms with E-state index >= 15 is 0 Å². The molecule has 1 rings (SSSR count). The summed E-state index contributed by atoms with van der Waals surface area (Å²) in [6.45, 7) is 2.20. The van der Waals surface area contributed by atoms with Gasteiger partial charge in [0, 0.05) is 12.5 Å². The third kappa shape index (κ3) is 3.88. The van der Waals surface area contributed by atoms with E-state index in [0.717, 1.165) is 5.75 Å². The van der Waals surface area contributed by atoms with E-state index in [4.69, 9.17) is 4.74 Å². The normalized spacial score (nSPS) is 12.5. The Morgan fingerprint density at radius 1 is 1.47 bits per heavy atom. The molecule has 0 aliphatic heterocycles. The maximum Gasteiger partial charge on any atom is 0.119 e. The summed E-state index contributed by atoms with van der Waals surface area (Å²) in [6, 6.07) is 8.18. The summed E-state index contributed by atoms with van der Waals surface area (Å²) in [4.78, 5) is 0. The molecule has 0 saturated carbocycles. The Balaban J connectivity index is 2.57. The highest BCUT2D eigenvalue weighted by molar-refractivity contribution is 5.30. The van der Waals surface area contributed by atoms with Gasteiger partial charge in [-0.3, -0.25) is 4.39 Å². The van der Waals surface area contributed by atoms with Crippen LogP contribution in [-0.2, 0) is 0 Å². The van der Waals surface area contributed by atoms with Crippen molar-refractivity contribution in [3.63, 3.8) is 0 Å². The maximum atomic E-state index is 11.9. The van der Waals surface area contributed by atoms with Crippen LogP contribution in [0.3, 0.4) is 0 Å². The van der Waals surface area contributed by atoms with E-state index in [1.165, 1.54) is 5.56 Å². The highest BCUT2D eigenvalue weighted by Gasteiger charge is 2.03. The molecule has 0 aromatic heterocycles. The van der Waals surface area contributed by atoms with Crippen LogP contribution in [0.2, 0.25) is 0 Å². The summed E-state index contributed by atoms with van der Waals surface area (Å²) in [5.74, 6) is 0.808. The van der Waals surface area contributed by atoms with Gasteiger partial charge in [0.05, 0.1) is 13.3 Å². The predicted octanol–water partition coefficient (Wildman–Crippen LogP) is 2.71. The zero-order chi connectivity index (χ0) is 11.1. The van der Waals surface area contributed by atoms with Gasteiger partial charge < -0.3 is 10.1 Å². The van der Waals surface area contributed by atoms with Crippen molar-refractivity contribution in [2.75, 3.05) is 20.3 Å². The third-order valence-electron chi connectivity index (χ3n) is 2.34. The van der Waals surface area contributed by atoms with Crippen LogP contribution in [0.5, 0.6) is 5.75 Å². The van der Waals surface area contributed by atoms with Crippen molar-refractivity contribution in [2.24, 2.45) is 0 Å². The second-order valence-electron chi connectivity index (χ2n) is 3.47. The lowest BCUT2D eigenvalue weighted by atomic mass is 10.1. The van der Waals surface area contributed by atoms with Crippen molar-refractivity contribution in [3.05, 3.63) is 29.8 Å². The monoisotopic (exact) mass is 211 g/mol. The molecule has 2 nitrogen and oxygen atoms in total. The minimum Gasteiger partial charge on any atom is -0.493 e. The van der Waals surface area contributed by atoms with Crippen LogP contribution in [0, 0.1) is 0 Å². The van der Waals surface area contributed by atoms with Gasteiger partial charge in [0.25, 0.3) is 0 Å². The number of nitrogens with one attached hydrogen (secondary N) is 1. The van der Waals surface area contributed by atoms with E-state index < -0.39 is 0 Å². The average Bonchev–Trinajstić information content (AvgIpc) is 2.29. The van der Waals surface area contributed by atoms with Gasteiger partial charge in [-0.05, 0) is 31.7 Å². The Hall–Kier alpha value is -1.09. The molecule has 1 unspecified atom stereocenters. The van der Waals surface area contributed by atoms with Crippen LogP contribution in [0.25, 0.3) is 0 Å². The number of rotatable bonds is 6. The quantitative estimate of drug-likeness (QED) is 0.730. The van der Waals surface area contributed by atoms with Crippen LogP contribution < -0.4 is 10.1 Å². The molecular formula is C12H18FNO. The van der Waals surface area contributed by atoms with Crippen LogP contribution in [0.1, 0.15) is 24.9 Å². The molecule has 0 bridgehead atoms. The Kier molecular flexibility index (Phi) is 5.12. The van der Waals surface area contributed by atoms with Crippen molar-refractivity contribution >= 4 is 0 Å². The lowest BCUT2D eigenvalue weighted by Gasteiger charge is -2.12. The first-order chi connectivity index (χ1) is 7.27. The standard InChI is InChI=1S/C12H18FNO/c1-10(14-2)11-5-3-6-12(9-11)15-8-4-7-13/h3,5-6,9-10,14H,4,7-8H2,1-2H3. The predicted molar refractivity (Wildman–Crippen MR) is 60.0 cm³/mol. The fourth-order valence-electron chi connectivity index (χ4n) is 1.28. The smallest absolute Gasteiger partial charge is 0.119 e. The van der Waals surface area contributed by atoms with Crippen LogP contribution in [0.15, 0.2) is 24.3 Å². The molecule has 0 fully saturated rings. The molecule has 0 radical (unpaired) electrons. The second kappa shape index (κ2) is 6.40. The minimum absolute atomic E-state index is 0.301. The average molecular weight is 211 g/mol. The molecule has 1 N–H and O–H groups in total. The van der Waals surface area contributed by atoms with Gasteiger partial charge in [0.2, 0.25) is 0 Å². The number of benzene rings is 1. The zero-order valence-corrected chi connectivity index (χ0v) is 9.29. The fourth-order valence-corrected chi connectivity index (χ4v) is 1.28. The molecule has 0 spiro atoms. The van der Waals surface area contributed by atoms with Crippen molar-refractivity contribution < 1.29 is 9.13 Å². The summed E-state index contributed by atoms with van der Waals surface area (Å²) in [5, 5.41) is 3.16. The largest absolute Gasteiger partial charge is 0.493 e. The van der Waals surface area contributed by atoms with E-state index in [1.54, 1.807) is 0 Å².